The number of hydrogen-bond acceptors (Lipinski definition) is 3. The summed E-state index contributed by atoms with van der Waals surface area (Å²) in [5.41, 5.74) is 0.711. The van der Waals surface area contributed by atoms with E-state index in [-0.39, 0.29) is 11.4 Å². The van der Waals surface area contributed by atoms with Crippen molar-refractivity contribution in [2.45, 2.75) is 12.2 Å². The van der Waals surface area contributed by atoms with Crippen LogP contribution in [0.5, 0.6) is 0 Å². The second-order valence-electron chi connectivity index (χ2n) is 3.92. The molecule has 5 heteroatoms. The van der Waals surface area contributed by atoms with Gasteiger partial charge in [0.25, 0.3) is 0 Å². The Bertz CT molecular complexity index is 363. The monoisotopic (exact) mass is 258 g/mol. The van der Waals surface area contributed by atoms with Crippen LogP contribution in [0.1, 0.15) is 5.56 Å². The molecule has 0 bridgehead atoms. The molecule has 1 N–H and O–H groups in total. The van der Waals surface area contributed by atoms with Crippen molar-refractivity contribution < 1.29 is 13.5 Å². The van der Waals surface area contributed by atoms with E-state index < -0.39 is 11.1 Å². The Balaban J connectivity index is 1.90. The van der Waals surface area contributed by atoms with Gasteiger partial charge in [-0.3, -0.25) is 0 Å². The van der Waals surface area contributed by atoms with E-state index in [9.17, 15) is 4.21 Å². The molecular formula is C11H14O3S2. The molecule has 0 spiro atoms. The van der Waals surface area contributed by atoms with Gasteiger partial charge in [-0.1, -0.05) is 30.3 Å². The fourth-order valence-electron chi connectivity index (χ4n) is 1.57. The van der Waals surface area contributed by atoms with Crippen molar-refractivity contribution in [2.75, 3.05) is 17.3 Å². The molecule has 2 rings (SSSR count). The Kier molecular flexibility index (Phi) is 4.02. The van der Waals surface area contributed by atoms with Gasteiger partial charge in [-0.15, -0.1) is 0 Å². The van der Waals surface area contributed by atoms with Crippen molar-refractivity contribution in [1.82, 2.24) is 0 Å². The van der Waals surface area contributed by atoms with Crippen molar-refractivity contribution in [3.05, 3.63) is 35.9 Å². The molecule has 0 saturated carbocycles. The van der Waals surface area contributed by atoms with Crippen LogP contribution >= 0.6 is 11.8 Å². The third-order valence-electron chi connectivity index (χ3n) is 2.50. The first-order valence-electron chi connectivity index (χ1n) is 5.03. The van der Waals surface area contributed by atoms with Gasteiger partial charge in [-0.25, -0.2) is 4.21 Å². The zero-order valence-electron chi connectivity index (χ0n) is 8.80. The quantitative estimate of drug-likeness (QED) is 0.820. The summed E-state index contributed by atoms with van der Waals surface area (Å²) in [6, 6.07) is 9.88. The third-order valence-corrected chi connectivity index (χ3v) is 4.74. The van der Waals surface area contributed by atoms with Crippen LogP contribution in [-0.2, 0) is 22.4 Å². The fraction of sp³-hybridized carbons (Fsp3) is 0.455. The number of ether oxygens (including phenoxy) is 1. The lowest BCUT2D eigenvalue weighted by Gasteiger charge is -2.39. The molecule has 88 valence electrons. The van der Waals surface area contributed by atoms with Crippen LogP contribution in [0.15, 0.2) is 30.3 Å². The molecule has 1 aliphatic heterocycles. The highest BCUT2D eigenvalue weighted by atomic mass is 32.2. The summed E-state index contributed by atoms with van der Waals surface area (Å²) in [6.07, 6.45) is 0. The summed E-state index contributed by atoms with van der Waals surface area (Å²) >= 11 is -0.0293. The minimum atomic E-state index is -1.78. The zero-order chi connectivity index (χ0) is 11.4. The molecule has 1 fully saturated rings. The predicted octanol–water partition coefficient (Wildman–Crippen LogP) is 1.91. The van der Waals surface area contributed by atoms with Gasteiger partial charge < -0.3 is 9.29 Å². The second kappa shape index (κ2) is 5.31. The molecule has 1 aromatic carbocycles. The lowest BCUT2D eigenvalue weighted by Crippen LogP contribution is -2.50. The van der Waals surface area contributed by atoms with Crippen LogP contribution in [0.3, 0.4) is 0 Å². The topological polar surface area (TPSA) is 46.5 Å². The zero-order valence-corrected chi connectivity index (χ0v) is 10.4. The van der Waals surface area contributed by atoms with Crippen molar-refractivity contribution in [1.29, 1.82) is 0 Å². The molecule has 1 aliphatic rings. The fourth-order valence-corrected chi connectivity index (χ4v) is 3.60. The lowest BCUT2D eigenvalue weighted by atomic mass is 10.1. The molecule has 1 heterocycles. The maximum Gasteiger partial charge on any atom is 0.155 e. The first-order valence-corrected chi connectivity index (χ1v) is 7.46. The van der Waals surface area contributed by atoms with Crippen LogP contribution in [-0.4, -0.2) is 31.6 Å². The number of thioether (sulfide) groups is 1. The van der Waals surface area contributed by atoms with Crippen molar-refractivity contribution in [3.8, 4) is 0 Å². The van der Waals surface area contributed by atoms with E-state index in [2.05, 4.69) is 0 Å². The maximum absolute atomic E-state index is 10.8. The van der Waals surface area contributed by atoms with E-state index in [0.29, 0.717) is 6.61 Å². The van der Waals surface area contributed by atoms with E-state index >= 15 is 0 Å². The molecule has 1 aromatic rings. The average molecular weight is 258 g/mol. The van der Waals surface area contributed by atoms with E-state index in [4.69, 9.17) is 9.29 Å². The van der Waals surface area contributed by atoms with E-state index in [0.717, 1.165) is 17.1 Å². The average Bonchev–Trinajstić information content (AvgIpc) is 2.23. The van der Waals surface area contributed by atoms with Gasteiger partial charge in [0.15, 0.2) is 11.1 Å². The highest BCUT2D eigenvalue weighted by Gasteiger charge is 2.40. The highest BCUT2D eigenvalue weighted by molar-refractivity contribution is 8.01. The Labute approximate surface area is 102 Å². The molecule has 0 aromatic heterocycles. The minimum Gasteiger partial charge on any atom is -0.368 e. The Morgan fingerprint density at radius 1 is 1.38 bits per heavy atom. The third kappa shape index (κ3) is 3.07. The molecule has 1 saturated heterocycles. The first kappa shape index (κ1) is 12.1. The number of rotatable bonds is 5. The molecular weight excluding hydrogens is 244 g/mol. The summed E-state index contributed by atoms with van der Waals surface area (Å²) in [5, 5.41) is 0. The largest absolute Gasteiger partial charge is 0.368 e. The summed E-state index contributed by atoms with van der Waals surface area (Å²) in [6.45, 7) is 0.512. The van der Waals surface area contributed by atoms with E-state index in [1.807, 2.05) is 30.3 Å². The highest BCUT2D eigenvalue weighted by Crippen LogP contribution is 2.34. The number of hydrogen-bond donors (Lipinski definition) is 1. The summed E-state index contributed by atoms with van der Waals surface area (Å²) in [5.74, 6) is 1.84. The van der Waals surface area contributed by atoms with E-state index in [1.54, 1.807) is 11.8 Å². The molecule has 0 radical (unpaired) electrons. The first-order chi connectivity index (χ1) is 7.70. The standard InChI is InChI=1S/C11H14O3S2/c12-16(13)9-11(7-15-8-11)14-6-10-4-2-1-3-5-10/h1-5H,6-9H2,(H,12,13). The Morgan fingerprint density at radius 2 is 2.06 bits per heavy atom. The van der Waals surface area contributed by atoms with Crippen LogP contribution in [0.25, 0.3) is 0 Å². The minimum absolute atomic E-state index is 0.215. The SMILES string of the molecule is O=S(O)CC1(OCc2ccccc2)CSC1. The summed E-state index contributed by atoms with van der Waals surface area (Å²) in [7, 11) is 0. The maximum atomic E-state index is 10.8. The van der Waals surface area contributed by atoms with Crippen LogP contribution in [0.2, 0.25) is 0 Å². The van der Waals surface area contributed by atoms with Crippen molar-refractivity contribution in [3.63, 3.8) is 0 Å². The van der Waals surface area contributed by atoms with Gasteiger partial charge in [0, 0.05) is 11.5 Å². The molecule has 0 amide bonds. The number of benzene rings is 1. The van der Waals surface area contributed by atoms with Gasteiger partial charge >= 0.3 is 0 Å². The van der Waals surface area contributed by atoms with Gasteiger partial charge in [-0.2, -0.15) is 11.8 Å². The van der Waals surface area contributed by atoms with Crippen molar-refractivity contribution in [2.24, 2.45) is 0 Å². The normalized spacial score (nSPS) is 20.1. The summed E-state index contributed by atoms with van der Waals surface area (Å²) in [4.78, 5) is 0. The van der Waals surface area contributed by atoms with Gasteiger partial charge in [-0.05, 0) is 5.56 Å². The second-order valence-corrected chi connectivity index (χ2v) is 5.83. The molecule has 3 nitrogen and oxygen atoms in total. The van der Waals surface area contributed by atoms with Gasteiger partial charge in [0.1, 0.15) is 5.60 Å². The molecule has 16 heavy (non-hydrogen) atoms. The lowest BCUT2D eigenvalue weighted by molar-refractivity contribution is -0.0134. The van der Waals surface area contributed by atoms with Crippen LogP contribution in [0.4, 0.5) is 0 Å². The van der Waals surface area contributed by atoms with Gasteiger partial charge in [0.05, 0.1) is 12.4 Å². The van der Waals surface area contributed by atoms with Gasteiger partial charge in [0.2, 0.25) is 0 Å². The van der Waals surface area contributed by atoms with Crippen molar-refractivity contribution >= 4 is 22.8 Å². The predicted molar refractivity (Wildman–Crippen MR) is 66.9 cm³/mol. The van der Waals surface area contributed by atoms with E-state index in [1.165, 1.54) is 0 Å². The molecule has 1 atom stereocenters. The Hall–Kier alpha value is -0.360. The van der Waals surface area contributed by atoms with Crippen LogP contribution < -0.4 is 0 Å². The molecule has 0 aliphatic carbocycles. The Morgan fingerprint density at radius 3 is 2.56 bits per heavy atom. The summed E-state index contributed by atoms with van der Waals surface area (Å²) < 4.78 is 25.6. The van der Waals surface area contributed by atoms with Crippen LogP contribution in [0, 0.1) is 0 Å². The smallest absolute Gasteiger partial charge is 0.155 e. The molecule has 1 unspecified atom stereocenters.